The Morgan fingerprint density at radius 3 is 2.90 bits per heavy atom. The lowest BCUT2D eigenvalue weighted by Gasteiger charge is -2.05. The van der Waals surface area contributed by atoms with Crippen LogP contribution in [0.15, 0.2) is 22.7 Å². The van der Waals surface area contributed by atoms with Crippen LogP contribution in [0.2, 0.25) is 0 Å². The standard InChI is InChI=1S/C15H20BrN3OS/c1-3-8-17-9-4-5-14-18-19-15(21-14)12-7-6-11(16)10-13(12)20-2/h6-7,10,17H,3-5,8-9H2,1-2H3. The van der Waals surface area contributed by atoms with Crippen molar-refractivity contribution in [2.45, 2.75) is 26.2 Å². The minimum atomic E-state index is 0.816. The second-order valence-electron chi connectivity index (χ2n) is 4.70. The second kappa shape index (κ2) is 8.46. The number of aromatic nitrogens is 2. The number of methoxy groups -OCH3 is 1. The Kier molecular flexibility index (Phi) is 6.60. The topological polar surface area (TPSA) is 47.0 Å². The lowest BCUT2D eigenvalue weighted by Crippen LogP contribution is -2.16. The van der Waals surface area contributed by atoms with Crippen molar-refractivity contribution in [2.75, 3.05) is 20.2 Å². The normalized spacial score (nSPS) is 10.8. The Morgan fingerprint density at radius 1 is 1.29 bits per heavy atom. The van der Waals surface area contributed by atoms with Crippen LogP contribution in [-0.2, 0) is 6.42 Å². The fourth-order valence-electron chi connectivity index (χ4n) is 1.97. The zero-order valence-corrected chi connectivity index (χ0v) is 14.8. The predicted molar refractivity (Wildman–Crippen MR) is 91.1 cm³/mol. The second-order valence-corrected chi connectivity index (χ2v) is 6.68. The van der Waals surface area contributed by atoms with Crippen molar-refractivity contribution in [2.24, 2.45) is 0 Å². The molecule has 0 atom stereocenters. The molecule has 1 aromatic heterocycles. The van der Waals surface area contributed by atoms with Crippen LogP contribution in [0.1, 0.15) is 24.8 Å². The number of nitrogens with zero attached hydrogens (tertiary/aromatic N) is 2. The summed E-state index contributed by atoms with van der Waals surface area (Å²) < 4.78 is 6.41. The van der Waals surface area contributed by atoms with E-state index in [1.165, 1.54) is 6.42 Å². The maximum atomic E-state index is 5.41. The number of hydrogen-bond acceptors (Lipinski definition) is 5. The Labute approximate surface area is 138 Å². The van der Waals surface area contributed by atoms with Crippen molar-refractivity contribution < 1.29 is 4.74 Å². The van der Waals surface area contributed by atoms with Crippen LogP contribution in [0.25, 0.3) is 10.6 Å². The Balaban J connectivity index is 1.99. The largest absolute Gasteiger partial charge is 0.496 e. The van der Waals surface area contributed by atoms with E-state index in [0.717, 1.165) is 51.7 Å². The number of nitrogens with one attached hydrogen (secondary N) is 1. The summed E-state index contributed by atoms with van der Waals surface area (Å²) >= 11 is 5.09. The molecule has 0 fully saturated rings. The van der Waals surface area contributed by atoms with Gasteiger partial charge in [-0.1, -0.05) is 34.2 Å². The van der Waals surface area contributed by atoms with Crippen LogP contribution >= 0.6 is 27.3 Å². The molecule has 0 saturated heterocycles. The van der Waals surface area contributed by atoms with Gasteiger partial charge in [0.25, 0.3) is 0 Å². The minimum absolute atomic E-state index is 0.816. The number of ether oxygens (including phenoxy) is 1. The average molecular weight is 370 g/mol. The number of halogens is 1. The highest BCUT2D eigenvalue weighted by Crippen LogP contribution is 2.34. The monoisotopic (exact) mass is 369 g/mol. The molecule has 0 amide bonds. The lowest BCUT2D eigenvalue weighted by molar-refractivity contribution is 0.416. The van der Waals surface area contributed by atoms with Crippen molar-refractivity contribution in [3.05, 3.63) is 27.7 Å². The zero-order valence-electron chi connectivity index (χ0n) is 12.4. The molecular formula is C15H20BrN3OS. The van der Waals surface area contributed by atoms with E-state index in [1.807, 2.05) is 18.2 Å². The molecule has 2 aromatic rings. The summed E-state index contributed by atoms with van der Waals surface area (Å²) in [6.07, 6.45) is 3.23. The van der Waals surface area contributed by atoms with E-state index in [2.05, 4.69) is 38.4 Å². The number of rotatable bonds is 8. The van der Waals surface area contributed by atoms with E-state index in [1.54, 1.807) is 18.4 Å². The van der Waals surface area contributed by atoms with Gasteiger partial charge < -0.3 is 10.1 Å². The zero-order chi connectivity index (χ0) is 15.1. The van der Waals surface area contributed by atoms with E-state index in [-0.39, 0.29) is 0 Å². The van der Waals surface area contributed by atoms with E-state index < -0.39 is 0 Å². The van der Waals surface area contributed by atoms with Crippen molar-refractivity contribution in [1.29, 1.82) is 0 Å². The fourth-order valence-corrected chi connectivity index (χ4v) is 3.22. The average Bonchev–Trinajstić information content (AvgIpc) is 2.95. The molecule has 0 unspecified atom stereocenters. The van der Waals surface area contributed by atoms with Gasteiger partial charge in [-0.05, 0) is 44.1 Å². The van der Waals surface area contributed by atoms with Crippen molar-refractivity contribution in [3.8, 4) is 16.3 Å². The van der Waals surface area contributed by atoms with Crippen LogP contribution in [-0.4, -0.2) is 30.4 Å². The Hall–Kier alpha value is -0.980. The molecule has 1 aromatic carbocycles. The van der Waals surface area contributed by atoms with Crippen LogP contribution in [0, 0.1) is 0 Å². The van der Waals surface area contributed by atoms with Crippen LogP contribution in [0.3, 0.4) is 0 Å². The molecule has 1 N–H and O–H groups in total. The minimum Gasteiger partial charge on any atom is -0.496 e. The summed E-state index contributed by atoms with van der Waals surface area (Å²) in [6.45, 7) is 4.29. The van der Waals surface area contributed by atoms with E-state index in [4.69, 9.17) is 4.74 Å². The van der Waals surface area contributed by atoms with Crippen molar-refractivity contribution in [3.63, 3.8) is 0 Å². The molecule has 0 aliphatic carbocycles. The maximum Gasteiger partial charge on any atom is 0.151 e. The molecule has 0 radical (unpaired) electrons. The first-order valence-corrected chi connectivity index (χ1v) is 8.72. The van der Waals surface area contributed by atoms with Crippen LogP contribution in [0.5, 0.6) is 5.75 Å². The van der Waals surface area contributed by atoms with Crippen molar-refractivity contribution >= 4 is 27.3 Å². The van der Waals surface area contributed by atoms with Crippen molar-refractivity contribution in [1.82, 2.24) is 15.5 Å². The molecule has 4 nitrogen and oxygen atoms in total. The molecule has 0 aliphatic heterocycles. The van der Waals surface area contributed by atoms with Crippen LogP contribution in [0.4, 0.5) is 0 Å². The third-order valence-electron chi connectivity index (χ3n) is 3.03. The highest BCUT2D eigenvalue weighted by atomic mass is 79.9. The maximum absolute atomic E-state index is 5.41. The van der Waals surface area contributed by atoms with E-state index >= 15 is 0 Å². The van der Waals surface area contributed by atoms with Gasteiger partial charge in [-0.25, -0.2) is 0 Å². The third kappa shape index (κ3) is 4.76. The molecule has 2 rings (SSSR count). The number of hydrogen-bond donors (Lipinski definition) is 1. The third-order valence-corrected chi connectivity index (χ3v) is 4.54. The van der Waals surface area contributed by atoms with Gasteiger partial charge in [0.1, 0.15) is 10.8 Å². The van der Waals surface area contributed by atoms with Gasteiger partial charge in [-0.3, -0.25) is 0 Å². The van der Waals surface area contributed by atoms with Gasteiger partial charge >= 0.3 is 0 Å². The molecule has 1 heterocycles. The summed E-state index contributed by atoms with van der Waals surface area (Å²) in [6, 6.07) is 5.95. The SMILES string of the molecule is CCCNCCCc1nnc(-c2ccc(Br)cc2OC)s1. The summed E-state index contributed by atoms with van der Waals surface area (Å²) in [5.41, 5.74) is 0.994. The lowest BCUT2D eigenvalue weighted by atomic mass is 10.2. The molecule has 6 heteroatoms. The van der Waals surface area contributed by atoms with E-state index in [0.29, 0.717) is 0 Å². The molecule has 0 spiro atoms. The summed E-state index contributed by atoms with van der Waals surface area (Å²) in [4.78, 5) is 0. The van der Waals surface area contributed by atoms with Gasteiger partial charge in [0.15, 0.2) is 5.01 Å². The molecule has 0 aliphatic rings. The summed E-state index contributed by atoms with van der Waals surface area (Å²) in [5.74, 6) is 0.816. The first kappa shape index (κ1) is 16.4. The summed E-state index contributed by atoms with van der Waals surface area (Å²) in [5, 5.41) is 14.0. The first-order valence-electron chi connectivity index (χ1n) is 7.11. The molecule has 0 saturated carbocycles. The van der Waals surface area contributed by atoms with E-state index in [9.17, 15) is 0 Å². The molecule has 21 heavy (non-hydrogen) atoms. The predicted octanol–water partition coefficient (Wildman–Crippen LogP) is 3.91. The number of aryl methyl sites for hydroxylation is 1. The van der Waals surface area contributed by atoms with Gasteiger partial charge in [0.2, 0.25) is 0 Å². The molecular weight excluding hydrogens is 350 g/mol. The van der Waals surface area contributed by atoms with Gasteiger partial charge in [0.05, 0.1) is 12.7 Å². The van der Waals surface area contributed by atoms with Gasteiger partial charge in [-0.15, -0.1) is 10.2 Å². The van der Waals surface area contributed by atoms with Gasteiger partial charge in [-0.2, -0.15) is 0 Å². The number of benzene rings is 1. The molecule has 114 valence electrons. The molecule has 0 bridgehead atoms. The quantitative estimate of drug-likeness (QED) is 0.716. The summed E-state index contributed by atoms with van der Waals surface area (Å²) in [7, 11) is 1.67. The smallest absolute Gasteiger partial charge is 0.151 e. The van der Waals surface area contributed by atoms with Crippen LogP contribution < -0.4 is 10.1 Å². The highest BCUT2D eigenvalue weighted by molar-refractivity contribution is 9.10. The fraction of sp³-hybridized carbons (Fsp3) is 0.467. The Bertz CT molecular complexity index is 574. The van der Waals surface area contributed by atoms with Gasteiger partial charge in [0, 0.05) is 10.9 Å². The first-order chi connectivity index (χ1) is 10.2. The highest BCUT2D eigenvalue weighted by Gasteiger charge is 2.12. The Morgan fingerprint density at radius 2 is 2.14 bits per heavy atom.